The Labute approximate surface area is 162 Å². The number of nitrogens with zero attached hydrogens (tertiary/aromatic N) is 1. The molecule has 0 aliphatic carbocycles. The molecule has 2 heterocycles. The first kappa shape index (κ1) is 18.3. The van der Waals surface area contributed by atoms with Crippen LogP contribution < -0.4 is 19.7 Å². The lowest BCUT2D eigenvalue weighted by Crippen LogP contribution is -2.34. The van der Waals surface area contributed by atoms with E-state index in [0.29, 0.717) is 18.7 Å². The van der Waals surface area contributed by atoms with Crippen molar-refractivity contribution < 1.29 is 23.5 Å². The first-order valence-electron chi connectivity index (χ1n) is 9.24. The van der Waals surface area contributed by atoms with E-state index in [1.54, 1.807) is 19.1 Å². The minimum atomic E-state index is -0.482. The first-order valence-corrected chi connectivity index (χ1v) is 9.24. The molecular formula is C21H21FN2O4. The number of amides is 2. The number of ether oxygens (including phenoxy) is 2. The standard InChI is InChI=1S/C21H21FN2O4/c1-13-2-4-17(16(22)8-13)24-11-15(10-20(24)25)21(26)23-7-6-14-3-5-18-19(9-14)28-12-27-18/h2-5,8-9,15H,6-7,10-12H2,1H3,(H,23,26). The molecule has 0 bridgehead atoms. The second-order valence-electron chi connectivity index (χ2n) is 7.09. The zero-order valence-electron chi connectivity index (χ0n) is 15.5. The molecule has 1 unspecified atom stereocenters. The van der Waals surface area contributed by atoms with Crippen LogP contribution in [0.2, 0.25) is 0 Å². The SMILES string of the molecule is Cc1ccc(N2CC(C(=O)NCCc3ccc4c(c3)OCO4)CC2=O)c(F)c1. The maximum atomic E-state index is 14.2. The average molecular weight is 384 g/mol. The molecule has 2 amide bonds. The lowest BCUT2D eigenvalue weighted by molar-refractivity contribution is -0.126. The van der Waals surface area contributed by atoms with Crippen LogP contribution in [0.5, 0.6) is 11.5 Å². The summed E-state index contributed by atoms with van der Waals surface area (Å²) in [6.45, 7) is 2.65. The molecule has 1 fully saturated rings. The predicted octanol–water partition coefficient (Wildman–Crippen LogP) is 2.57. The van der Waals surface area contributed by atoms with Crippen LogP contribution in [-0.2, 0) is 16.0 Å². The van der Waals surface area contributed by atoms with E-state index in [1.807, 2.05) is 18.2 Å². The summed E-state index contributed by atoms with van der Waals surface area (Å²) in [4.78, 5) is 26.1. The van der Waals surface area contributed by atoms with E-state index < -0.39 is 11.7 Å². The van der Waals surface area contributed by atoms with Crippen LogP contribution in [0, 0.1) is 18.7 Å². The molecule has 2 aromatic carbocycles. The second-order valence-corrected chi connectivity index (χ2v) is 7.09. The van der Waals surface area contributed by atoms with Crippen molar-refractivity contribution in [1.29, 1.82) is 0 Å². The summed E-state index contributed by atoms with van der Waals surface area (Å²) in [7, 11) is 0. The third-order valence-electron chi connectivity index (χ3n) is 5.04. The quantitative estimate of drug-likeness (QED) is 0.860. The van der Waals surface area contributed by atoms with E-state index >= 15 is 0 Å². The molecule has 0 radical (unpaired) electrons. The van der Waals surface area contributed by atoms with Crippen molar-refractivity contribution in [1.82, 2.24) is 5.32 Å². The minimum absolute atomic E-state index is 0.0865. The number of nitrogens with one attached hydrogen (secondary N) is 1. The van der Waals surface area contributed by atoms with Gasteiger partial charge in [0.1, 0.15) is 5.82 Å². The van der Waals surface area contributed by atoms with Crippen LogP contribution in [0.1, 0.15) is 17.5 Å². The van der Waals surface area contributed by atoms with Crippen molar-refractivity contribution in [3.05, 3.63) is 53.3 Å². The highest BCUT2D eigenvalue weighted by Crippen LogP contribution is 2.32. The normalized spacial score (nSPS) is 17.9. The van der Waals surface area contributed by atoms with Gasteiger partial charge in [0, 0.05) is 19.5 Å². The summed E-state index contributed by atoms with van der Waals surface area (Å²) in [5.41, 5.74) is 2.03. The Morgan fingerprint density at radius 3 is 2.86 bits per heavy atom. The molecule has 146 valence electrons. The molecule has 0 aromatic heterocycles. The topological polar surface area (TPSA) is 67.9 Å². The molecule has 1 atom stereocenters. The first-order chi connectivity index (χ1) is 13.5. The van der Waals surface area contributed by atoms with Crippen molar-refractivity contribution in [3.63, 3.8) is 0 Å². The van der Waals surface area contributed by atoms with Crippen LogP contribution in [0.3, 0.4) is 0 Å². The maximum absolute atomic E-state index is 14.2. The lowest BCUT2D eigenvalue weighted by atomic mass is 10.1. The van der Waals surface area contributed by atoms with Gasteiger partial charge in [-0.1, -0.05) is 12.1 Å². The molecule has 6 nitrogen and oxygen atoms in total. The monoisotopic (exact) mass is 384 g/mol. The number of anilines is 1. The Bertz CT molecular complexity index is 931. The Morgan fingerprint density at radius 2 is 2.04 bits per heavy atom. The predicted molar refractivity (Wildman–Crippen MR) is 101 cm³/mol. The highest BCUT2D eigenvalue weighted by Gasteiger charge is 2.36. The minimum Gasteiger partial charge on any atom is -0.454 e. The summed E-state index contributed by atoms with van der Waals surface area (Å²) in [6, 6.07) is 10.4. The molecule has 1 saturated heterocycles. The molecule has 2 aromatic rings. The second kappa shape index (κ2) is 7.50. The van der Waals surface area contributed by atoms with Gasteiger partial charge in [-0.15, -0.1) is 0 Å². The van der Waals surface area contributed by atoms with Gasteiger partial charge < -0.3 is 19.7 Å². The van der Waals surface area contributed by atoms with Gasteiger partial charge in [-0.3, -0.25) is 9.59 Å². The Hall–Kier alpha value is -3.09. The summed E-state index contributed by atoms with van der Waals surface area (Å²) in [5, 5.41) is 2.87. The highest BCUT2D eigenvalue weighted by molar-refractivity contribution is 6.00. The zero-order valence-corrected chi connectivity index (χ0v) is 15.5. The molecule has 1 N–H and O–H groups in total. The number of hydrogen-bond acceptors (Lipinski definition) is 4. The van der Waals surface area contributed by atoms with Crippen LogP contribution >= 0.6 is 0 Å². The fourth-order valence-corrected chi connectivity index (χ4v) is 3.52. The fraction of sp³-hybridized carbons (Fsp3) is 0.333. The number of halogens is 1. The van der Waals surface area contributed by atoms with Gasteiger partial charge in [-0.2, -0.15) is 0 Å². The lowest BCUT2D eigenvalue weighted by Gasteiger charge is -2.17. The number of carbonyl (C=O) groups is 2. The van der Waals surface area contributed by atoms with Gasteiger partial charge in [-0.25, -0.2) is 4.39 Å². The van der Waals surface area contributed by atoms with Crippen molar-refractivity contribution in [2.75, 3.05) is 24.8 Å². The highest BCUT2D eigenvalue weighted by atomic mass is 19.1. The molecule has 28 heavy (non-hydrogen) atoms. The van der Waals surface area contributed by atoms with Crippen LogP contribution in [0.4, 0.5) is 10.1 Å². The summed E-state index contributed by atoms with van der Waals surface area (Å²) >= 11 is 0. The van der Waals surface area contributed by atoms with Crippen LogP contribution in [0.15, 0.2) is 36.4 Å². The zero-order chi connectivity index (χ0) is 19.7. The summed E-state index contributed by atoms with van der Waals surface area (Å²) < 4.78 is 24.8. The molecule has 2 aliphatic heterocycles. The Balaban J connectivity index is 1.32. The van der Waals surface area contributed by atoms with Gasteiger partial charge in [0.15, 0.2) is 11.5 Å². The largest absolute Gasteiger partial charge is 0.454 e. The van der Waals surface area contributed by atoms with E-state index in [1.165, 1.54) is 11.0 Å². The van der Waals surface area contributed by atoms with Crippen LogP contribution in [-0.4, -0.2) is 31.7 Å². The van der Waals surface area contributed by atoms with E-state index in [0.717, 1.165) is 16.9 Å². The molecule has 4 rings (SSSR count). The maximum Gasteiger partial charge on any atom is 0.231 e. The van der Waals surface area contributed by atoms with Gasteiger partial charge >= 0.3 is 0 Å². The van der Waals surface area contributed by atoms with E-state index in [9.17, 15) is 14.0 Å². The average Bonchev–Trinajstić information content (AvgIpc) is 3.28. The van der Waals surface area contributed by atoms with Crippen molar-refractivity contribution in [2.24, 2.45) is 5.92 Å². The Kier molecular flexibility index (Phi) is 4.90. The number of aryl methyl sites for hydroxylation is 1. The molecule has 7 heteroatoms. The van der Waals surface area contributed by atoms with Gasteiger partial charge in [0.25, 0.3) is 0 Å². The van der Waals surface area contributed by atoms with Crippen molar-refractivity contribution in [3.8, 4) is 11.5 Å². The van der Waals surface area contributed by atoms with E-state index in [-0.39, 0.29) is 37.3 Å². The summed E-state index contributed by atoms with van der Waals surface area (Å²) in [6.07, 6.45) is 0.725. The molecule has 2 aliphatic rings. The number of rotatable bonds is 5. The van der Waals surface area contributed by atoms with Crippen molar-refractivity contribution >= 4 is 17.5 Å². The number of benzene rings is 2. The van der Waals surface area contributed by atoms with Crippen molar-refractivity contribution in [2.45, 2.75) is 19.8 Å². The van der Waals surface area contributed by atoms with Gasteiger partial charge in [0.2, 0.25) is 18.6 Å². The third-order valence-corrected chi connectivity index (χ3v) is 5.04. The Morgan fingerprint density at radius 1 is 1.21 bits per heavy atom. The van der Waals surface area contributed by atoms with Gasteiger partial charge in [-0.05, 0) is 48.7 Å². The number of hydrogen-bond donors (Lipinski definition) is 1. The number of carbonyl (C=O) groups excluding carboxylic acids is 2. The molecule has 0 spiro atoms. The summed E-state index contributed by atoms with van der Waals surface area (Å²) in [5.74, 6) is 0.0756. The van der Waals surface area contributed by atoms with Gasteiger partial charge in [0.05, 0.1) is 11.6 Å². The molecular weight excluding hydrogens is 363 g/mol. The van der Waals surface area contributed by atoms with E-state index in [2.05, 4.69) is 5.32 Å². The van der Waals surface area contributed by atoms with E-state index in [4.69, 9.17) is 9.47 Å². The van der Waals surface area contributed by atoms with Crippen LogP contribution in [0.25, 0.3) is 0 Å². The smallest absolute Gasteiger partial charge is 0.231 e. The molecule has 0 saturated carbocycles. The third kappa shape index (κ3) is 3.65. The number of fused-ring (bicyclic) bond motifs is 1. The fourth-order valence-electron chi connectivity index (χ4n) is 3.52.